The van der Waals surface area contributed by atoms with E-state index in [9.17, 15) is 14.7 Å². The molecule has 7 nitrogen and oxygen atoms in total. The molecule has 2 aromatic rings. The van der Waals surface area contributed by atoms with Gasteiger partial charge in [0, 0.05) is 24.0 Å². The van der Waals surface area contributed by atoms with Crippen molar-refractivity contribution in [3.05, 3.63) is 108 Å². The second kappa shape index (κ2) is 12.4. The third-order valence-corrected chi connectivity index (χ3v) is 3.97. The van der Waals surface area contributed by atoms with Gasteiger partial charge in [-0.05, 0) is 48.9 Å². The number of carboxylic acids is 1. The summed E-state index contributed by atoms with van der Waals surface area (Å²) in [6, 6.07) is 9.95. The van der Waals surface area contributed by atoms with Gasteiger partial charge < -0.3 is 19.9 Å². The molecule has 0 aliphatic heterocycles. The molecule has 1 amide bonds. The van der Waals surface area contributed by atoms with Crippen molar-refractivity contribution in [3.8, 4) is 0 Å². The van der Waals surface area contributed by atoms with Crippen molar-refractivity contribution in [1.82, 2.24) is 4.98 Å². The van der Waals surface area contributed by atoms with Crippen LogP contribution in [0.1, 0.15) is 22.8 Å². The maximum absolute atomic E-state index is 12.3. The highest BCUT2D eigenvalue weighted by Gasteiger charge is 2.10. The van der Waals surface area contributed by atoms with Crippen molar-refractivity contribution in [2.24, 2.45) is 0 Å². The van der Waals surface area contributed by atoms with E-state index < -0.39 is 11.9 Å². The second-order valence-corrected chi connectivity index (χ2v) is 6.30. The topological polar surface area (TPSA) is 97.8 Å². The number of nitrogens with zero attached hydrogens (tertiary/aromatic N) is 1. The Morgan fingerprint density at radius 3 is 2.68 bits per heavy atom. The number of allylic oxidation sites excluding steroid dienone is 6. The molecule has 2 rings (SSSR count). The lowest BCUT2D eigenvalue weighted by Gasteiger charge is -2.06. The minimum Gasteiger partial charge on any atom is -0.501 e. The first-order chi connectivity index (χ1) is 15.0. The molecule has 7 heteroatoms. The number of rotatable bonds is 10. The number of carboxylic acid groups (broad SMARTS) is 1. The molecular weight excluding hydrogens is 396 g/mol. The Bertz CT molecular complexity index is 1010. The van der Waals surface area contributed by atoms with Gasteiger partial charge in [-0.3, -0.25) is 9.78 Å². The Morgan fingerprint density at radius 2 is 1.97 bits per heavy atom. The fourth-order valence-electron chi connectivity index (χ4n) is 2.40. The Hall–Kier alpha value is -4.13. The molecular formula is C24H24N2O5. The minimum atomic E-state index is -1.12. The average molecular weight is 420 g/mol. The van der Waals surface area contributed by atoms with Crippen LogP contribution in [-0.4, -0.2) is 29.1 Å². The van der Waals surface area contributed by atoms with Gasteiger partial charge in [0.1, 0.15) is 6.61 Å². The van der Waals surface area contributed by atoms with E-state index in [0.29, 0.717) is 17.9 Å². The van der Waals surface area contributed by atoms with E-state index in [2.05, 4.69) is 10.3 Å². The zero-order valence-electron chi connectivity index (χ0n) is 17.3. The summed E-state index contributed by atoms with van der Waals surface area (Å²) in [6.07, 6.45) is 13.1. The number of para-hydroxylation sites is 1. The van der Waals surface area contributed by atoms with Crippen LogP contribution in [0.25, 0.3) is 0 Å². The van der Waals surface area contributed by atoms with Crippen LogP contribution in [0.5, 0.6) is 0 Å². The van der Waals surface area contributed by atoms with Gasteiger partial charge in [-0.25, -0.2) is 4.79 Å². The molecule has 0 aliphatic carbocycles. The summed E-state index contributed by atoms with van der Waals surface area (Å²) in [4.78, 5) is 27.5. The van der Waals surface area contributed by atoms with Crippen LogP contribution in [-0.2, 0) is 20.9 Å². The number of hydrogen-bond acceptors (Lipinski definition) is 5. The van der Waals surface area contributed by atoms with Crippen LogP contribution in [0, 0.1) is 0 Å². The van der Waals surface area contributed by atoms with E-state index in [1.54, 1.807) is 69.1 Å². The number of aromatic nitrogens is 1. The van der Waals surface area contributed by atoms with Gasteiger partial charge in [0.05, 0.1) is 30.4 Å². The second-order valence-electron chi connectivity index (χ2n) is 6.30. The van der Waals surface area contributed by atoms with E-state index in [1.165, 1.54) is 18.2 Å². The highest BCUT2D eigenvalue weighted by molar-refractivity contribution is 6.04. The molecule has 0 radical (unpaired) electrons. The van der Waals surface area contributed by atoms with Crippen LogP contribution in [0.4, 0.5) is 5.69 Å². The SMILES string of the molecule is CO/C(C)=C/C(=C\C=C\OCc1cccnc1)/C=C/C(=O)Nc1ccccc1C(=O)O. The number of amides is 1. The molecule has 0 aliphatic rings. The average Bonchev–Trinajstić information content (AvgIpc) is 2.77. The van der Waals surface area contributed by atoms with Gasteiger partial charge in [-0.15, -0.1) is 0 Å². The standard InChI is InChI=1S/C24H24N2O5/c1-18(30-2)15-19(8-6-14-31-17-20-7-5-13-25-16-20)11-12-23(27)26-22-10-4-3-9-21(22)24(28)29/h3-16H,17H2,1-2H3,(H,26,27)(H,28,29)/b12-11+,14-6+,18-15+,19-8-. The molecule has 0 saturated heterocycles. The third-order valence-electron chi connectivity index (χ3n) is 3.97. The summed E-state index contributed by atoms with van der Waals surface area (Å²) < 4.78 is 10.6. The summed E-state index contributed by atoms with van der Waals surface area (Å²) in [5, 5.41) is 11.8. The van der Waals surface area contributed by atoms with Crippen LogP contribution in [0.15, 0.2) is 96.8 Å². The summed E-state index contributed by atoms with van der Waals surface area (Å²) in [6.45, 7) is 2.18. The van der Waals surface area contributed by atoms with E-state index in [4.69, 9.17) is 9.47 Å². The highest BCUT2D eigenvalue weighted by Crippen LogP contribution is 2.15. The quantitative estimate of drug-likeness (QED) is 0.334. The number of aromatic carboxylic acids is 1. The van der Waals surface area contributed by atoms with Crippen molar-refractivity contribution in [1.29, 1.82) is 0 Å². The Kier molecular flexibility index (Phi) is 9.29. The highest BCUT2D eigenvalue weighted by atomic mass is 16.5. The molecule has 0 saturated carbocycles. The monoisotopic (exact) mass is 420 g/mol. The summed E-state index contributed by atoms with van der Waals surface area (Å²) in [5.41, 5.74) is 1.87. The molecule has 1 heterocycles. The van der Waals surface area contributed by atoms with Crippen molar-refractivity contribution in [3.63, 3.8) is 0 Å². The lowest BCUT2D eigenvalue weighted by molar-refractivity contribution is -0.111. The first-order valence-corrected chi connectivity index (χ1v) is 9.40. The molecule has 31 heavy (non-hydrogen) atoms. The first kappa shape index (κ1) is 23.2. The molecule has 0 unspecified atom stereocenters. The lowest BCUT2D eigenvalue weighted by atomic mass is 10.1. The van der Waals surface area contributed by atoms with E-state index in [-0.39, 0.29) is 11.3 Å². The molecule has 0 bridgehead atoms. The third kappa shape index (κ3) is 8.41. The largest absolute Gasteiger partial charge is 0.501 e. The zero-order chi connectivity index (χ0) is 22.5. The number of carbonyl (C=O) groups is 2. The number of carbonyl (C=O) groups excluding carboxylic acids is 1. The zero-order valence-corrected chi connectivity index (χ0v) is 17.3. The molecule has 0 fully saturated rings. The van der Waals surface area contributed by atoms with Gasteiger partial charge in [0.15, 0.2) is 0 Å². The number of anilines is 1. The van der Waals surface area contributed by atoms with Crippen molar-refractivity contribution >= 4 is 17.6 Å². The number of pyridine rings is 1. The number of nitrogens with one attached hydrogen (secondary N) is 1. The molecule has 0 atom stereocenters. The van der Waals surface area contributed by atoms with Gasteiger partial charge >= 0.3 is 5.97 Å². The van der Waals surface area contributed by atoms with Gasteiger partial charge in [0.2, 0.25) is 5.91 Å². The number of methoxy groups -OCH3 is 1. The van der Waals surface area contributed by atoms with Gasteiger partial charge in [-0.2, -0.15) is 0 Å². The predicted octanol–water partition coefficient (Wildman–Crippen LogP) is 4.48. The van der Waals surface area contributed by atoms with Crippen molar-refractivity contribution in [2.75, 3.05) is 12.4 Å². The molecule has 2 N–H and O–H groups in total. The van der Waals surface area contributed by atoms with Crippen LogP contribution in [0.2, 0.25) is 0 Å². The first-order valence-electron chi connectivity index (χ1n) is 9.40. The van der Waals surface area contributed by atoms with Crippen molar-refractivity contribution in [2.45, 2.75) is 13.5 Å². The number of benzene rings is 1. The Morgan fingerprint density at radius 1 is 1.16 bits per heavy atom. The van der Waals surface area contributed by atoms with E-state index in [1.807, 2.05) is 12.1 Å². The Labute approximate surface area is 181 Å². The predicted molar refractivity (Wildman–Crippen MR) is 118 cm³/mol. The van der Waals surface area contributed by atoms with E-state index in [0.717, 1.165) is 5.56 Å². The normalized spacial score (nSPS) is 12.2. The number of ether oxygens (including phenoxy) is 2. The summed E-state index contributed by atoms with van der Waals surface area (Å²) >= 11 is 0. The summed E-state index contributed by atoms with van der Waals surface area (Å²) in [5.74, 6) is -0.923. The lowest BCUT2D eigenvalue weighted by Crippen LogP contribution is -2.11. The maximum Gasteiger partial charge on any atom is 0.337 e. The fraction of sp³-hybridized carbons (Fsp3) is 0.125. The van der Waals surface area contributed by atoms with Crippen LogP contribution >= 0.6 is 0 Å². The molecule has 1 aromatic carbocycles. The van der Waals surface area contributed by atoms with Gasteiger partial charge in [-0.1, -0.05) is 24.3 Å². The molecule has 1 aromatic heterocycles. The molecule has 0 spiro atoms. The van der Waals surface area contributed by atoms with Gasteiger partial charge in [0.25, 0.3) is 0 Å². The van der Waals surface area contributed by atoms with Crippen LogP contribution < -0.4 is 5.32 Å². The summed E-state index contributed by atoms with van der Waals surface area (Å²) in [7, 11) is 1.55. The van der Waals surface area contributed by atoms with Crippen molar-refractivity contribution < 1.29 is 24.2 Å². The minimum absolute atomic E-state index is 0.0174. The van der Waals surface area contributed by atoms with E-state index >= 15 is 0 Å². The maximum atomic E-state index is 12.3. The Balaban J connectivity index is 2.04. The van der Waals surface area contributed by atoms with Crippen LogP contribution in [0.3, 0.4) is 0 Å². The smallest absolute Gasteiger partial charge is 0.337 e. The number of hydrogen-bond donors (Lipinski definition) is 2. The fourth-order valence-corrected chi connectivity index (χ4v) is 2.40. The molecule has 160 valence electrons.